The number of imide groups is 1. The number of aromatic nitrogens is 1. The number of carbonyl (C=O) groups excluding carboxylic acids is 2. The molecule has 1 aromatic rings. The average Bonchev–Trinajstić information content (AvgIpc) is 2.82. The lowest BCUT2D eigenvalue weighted by Gasteiger charge is -2.31. The van der Waals surface area contributed by atoms with E-state index in [-0.39, 0.29) is 24.4 Å². The third kappa shape index (κ3) is 3.55. The minimum Gasteiger partial charge on any atom is -0.327 e. The molecule has 1 unspecified atom stereocenters. The highest BCUT2D eigenvalue weighted by Crippen LogP contribution is 2.25. The van der Waals surface area contributed by atoms with Crippen LogP contribution in [0, 0.1) is 5.92 Å². The van der Waals surface area contributed by atoms with Crippen LogP contribution in [-0.4, -0.2) is 35.9 Å². The van der Waals surface area contributed by atoms with Gasteiger partial charge in [0.1, 0.15) is 12.6 Å². The molecule has 1 fully saturated rings. The third-order valence-corrected chi connectivity index (χ3v) is 4.10. The van der Waals surface area contributed by atoms with E-state index in [1.807, 2.05) is 0 Å². The number of nitrogens with one attached hydrogen (secondary N) is 2. The molecule has 1 aromatic heterocycles. The monoisotopic (exact) mass is 296 g/mol. The molecule has 1 saturated heterocycles. The van der Waals surface area contributed by atoms with Gasteiger partial charge in [-0.1, -0.05) is 13.8 Å². The van der Waals surface area contributed by atoms with Gasteiger partial charge in [-0.15, -0.1) is 11.3 Å². The summed E-state index contributed by atoms with van der Waals surface area (Å²) in [6.07, 6.45) is 1.80. The zero-order chi connectivity index (χ0) is 14.7. The Hall–Kier alpha value is -1.47. The molecule has 1 aliphatic rings. The molecule has 0 aliphatic carbocycles. The van der Waals surface area contributed by atoms with Gasteiger partial charge in [-0.25, -0.2) is 4.98 Å². The first-order chi connectivity index (χ1) is 9.47. The van der Waals surface area contributed by atoms with Gasteiger partial charge in [0.05, 0.1) is 0 Å². The van der Waals surface area contributed by atoms with Crippen molar-refractivity contribution in [3.05, 3.63) is 11.1 Å². The largest absolute Gasteiger partial charge is 0.327 e. The molecule has 2 rings (SSSR count). The Kier molecular flexibility index (Phi) is 4.72. The van der Waals surface area contributed by atoms with Gasteiger partial charge >= 0.3 is 0 Å². The van der Waals surface area contributed by atoms with Crippen LogP contribution < -0.4 is 15.5 Å². The lowest BCUT2D eigenvalue weighted by atomic mass is 10.2. The van der Waals surface area contributed by atoms with Crippen LogP contribution in [0.3, 0.4) is 0 Å². The summed E-state index contributed by atoms with van der Waals surface area (Å²) >= 11 is 1.52. The van der Waals surface area contributed by atoms with Crippen LogP contribution in [0.25, 0.3) is 0 Å². The van der Waals surface area contributed by atoms with E-state index in [0.29, 0.717) is 5.92 Å². The zero-order valence-corrected chi connectivity index (χ0v) is 12.8. The van der Waals surface area contributed by atoms with E-state index in [1.165, 1.54) is 11.3 Å². The Bertz CT molecular complexity index is 500. The van der Waals surface area contributed by atoms with Crippen LogP contribution in [0.2, 0.25) is 0 Å². The first kappa shape index (κ1) is 14.9. The molecule has 2 amide bonds. The predicted molar refractivity (Wildman–Crippen MR) is 78.6 cm³/mol. The standard InChI is InChI=1S/C13H20N4O2S/c1-8(2)4-14-5-10-6-15-13(20-10)17-7-11(18)16-12(19)9(17)3/h6,8-9,14H,4-5,7H2,1-3H3,(H,16,18,19). The molecular weight excluding hydrogens is 276 g/mol. The second kappa shape index (κ2) is 6.32. The molecule has 2 heterocycles. The molecule has 0 spiro atoms. The molecule has 20 heavy (non-hydrogen) atoms. The predicted octanol–water partition coefficient (Wildman–Crippen LogP) is 0.740. The Morgan fingerprint density at radius 2 is 2.30 bits per heavy atom. The van der Waals surface area contributed by atoms with Gasteiger partial charge < -0.3 is 10.2 Å². The Morgan fingerprint density at radius 3 is 3.00 bits per heavy atom. The van der Waals surface area contributed by atoms with Gasteiger partial charge in [0.25, 0.3) is 0 Å². The highest BCUT2D eigenvalue weighted by Gasteiger charge is 2.31. The molecule has 1 aliphatic heterocycles. The number of rotatable bonds is 5. The van der Waals surface area contributed by atoms with Crippen LogP contribution in [0.15, 0.2) is 6.20 Å². The zero-order valence-electron chi connectivity index (χ0n) is 12.0. The van der Waals surface area contributed by atoms with E-state index < -0.39 is 0 Å². The number of carbonyl (C=O) groups is 2. The summed E-state index contributed by atoms with van der Waals surface area (Å²) in [6.45, 7) is 7.99. The lowest BCUT2D eigenvalue weighted by Crippen LogP contribution is -2.57. The van der Waals surface area contributed by atoms with E-state index >= 15 is 0 Å². The molecular formula is C13H20N4O2S. The van der Waals surface area contributed by atoms with Gasteiger partial charge in [0.15, 0.2) is 5.13 Å². The Morgan fingerprint density at radius 1 is 1.55 bits per heavy atom. The van der Waals surface area contributed by atoms with E-state index in [1.54, 1.807) is 18.0 Å². The van der Waals surface area contributed by atoms with Crippen molar-refractivity contribution in [2.75, 3.05) is 18.0 Å². The number of hydrogen-bond donors (Lipinski definition) is 2. The summed E-state index contributed by atoms with van der Waals surface area (Å²) in [5, 5.41) is 6.40. The SMILES string of the molecule is CC(C)CNCc1cnc(N2CC(=O)NC(=O)C2C)s1. The molecule has 2 N–H and O–H groups in total. The summed E-state index contributed by atoms with van der Waals surface area (Å²) in [5.41, 5.74) is 0. The van der Waals surface area contributed by atoms with Crippen molar-refractivity contribution < 1.29 is 9.59 Å². The van der Waals surface area contributed by atoms with Crippen molar-refractivity contribution in [1.82, 2.24) is 15.6 Å². The van der Waals surface area contributed by atoms with Gasteiger partial charge in [-0.2, -0.15) is 0 Å². The average molecular weight is 296 g/mol. The highest BCUT2D eigenvalue weighted by molar-refractivity contribution is 7.15. The fraction of sp³-hybridized carbons (Fsp3) is 0.615. The number of amides is 2. The summed E-state index contributed by atoms with van der Waals surface area (Å²) < 4.78 is 0. The Labute approximate surface area is 122 Å². The maximum absolute atomic E-state index is 11.6. The summed E-state index contributed by atoms with van der Waals surface area (Å²) in [7, 11) is 0. The fourth-order valence-electron chi connectivity index (χ4n) is 1.94. The quantitative estimate of drug-likeness (QED) is 0.784. The lowest BCUT2D eigenvalue weighted by molar-refractivity contribution is -0.132. The molecule has 7 heteroatoms. The van der Waals surface area contributed by atoms with E-state index in [0.717, 1.165) is 23.1 Å². The van der Waals surface area contributed by atoms with Crippen molar-refractivity contribution >= 4 is 28.3 Å². The number of piperazine rings is 1. The van der Waals surface area contributed by atoms with Crippen LogP contribution in [-0.2, 0) is 16.1 Å². The van der Waals surface area contributed by atoms with Crippen molar-refractivity contribution in [3.63, 3.8) is 0 Å². The molecule has 110 valence electrons. The number of thiazole rings is 1. The summed E-state index contributed by atoms with van der Waals surface area (Å²) in [5.74, 6) is 0.0598. The van der Waals surface area contributed by atoms with E-state index in [4.69, 9.17) is 0 Å². The number of anilines is 1. The third-order valence-electron chi connectivity index (χ3n) is 3.06. The van der Waals surface area contributed by atoms with Crippen LogP contribution in [0.4, 0.5) is 5.13 Å². The van der Waals surface area contributed by atoms with Crippen molar-refractivity contribution in [2.45, 2.75) is 33.4 Å². The minimum atomic E-state index is -0.365. The first-order valence-corrected chi connectivity index (χ1v) is 7.54. The van der Waals surface area contributed by atoms with Crippen LogP contribution >= 0.6 is 11.3 Å². The fourth-order valence-corrected chi connectivity index (χ4v) is 2.90. The number of hydrogen-bond acceptors (Lipinski definition) is 6. The molecule has 0 aromatic carbocycles. The Balaban J connectivity index is 2.00. The summed E-state index contributed by atoms with van der Waals surface area (Å²) in [4.78, 5) is 30.3. The topological polar surface area (TPSA) is 74.3 Å². The second-order valence-electron chi connectivity index (χ2n) is 5.35. The highest BCUT2D eigenvalue weighted by atomic mass is 32.1. The maximum Gasteiger partial charge on any atom is 0.249 e. The van der Waals surface area contributed by atoms with Crippen molar-refractivity contribution in [2.24, 2.45) is 5.92 Å². The summed E-state index contributed by atoms with van der Waals surface area (Å²) in [6, 6.07) is -0.365. The molecule has 0 bridgehead atoms. The van der Waals surface area contributed by atoms with Crippen molar-refractivity contribution in [1.29, 1.82) is 0 Å². The number of nitrogens with zero attached hydrogens (tertiary/aromatic N) is 2. The normalized spacial score (nSPS) is 19.6. The van der Waals surface area contributed by atoms with Crippen LogP contribution in [0.5, 0.6) is 0 Å². The van der Waals surface area contributed by atoms with Crippen LogP contribution in [0.1, 0.15) is 25.6 Å². The first-order valence-electron chi connectivity index (χ1n) is 6.73. The molecule has 0 radical (unpaired) electrons. The minimum absolute atomic E-state index is 0.180. The molecule has 6 nitrogen and oxygen atoms in total. The smallest absolute Gasteiger partial charge is 0.249 e. The van der Waals surface area contributed by atoms with E-state index in [2.05, 4.69) is 29.5 Å². The van der Waals surface area contributed by atoms with Crippen molar-refractivity contribution in [3.8, 4) is 0 Å². The van der Waals surface area contributed by atoms with E-state index in [9.17, 15) is 9.59 Å². The van der Waals surface area contributed by atoms with Gasteiger partial charge in [0, 0.05) is 17.6 Å². The van der Waals surface area contributed by atoms with Gasteiger partial charge in [0.2, 0.25) is 11.8 Å². The van der Waals surface area contributed by atoms with Gasteiger partial charge in [-0.3, -0.25) is 14.9 Å². The van der Waals surface area contributed by atoms with Gasteiger partial charge in [-0.05, 0) is 19.4 Å². The molecule has 0 saturated carbocycles. The molecule has 1 atom stereocenters. The maximum atomic E-state index is 11.6. The second-order valence-corrected chi connectivity index (χ2v) is 6.44.